The van der Waals surface area contributed by atoms with Crippen LogP contribution in [0.1, 0.15) is 25.0 Å². The molecule has 1 fully saturated rings. The van der Waals surface area contributed by atoms with Gasteiger partial charge in [-0.05, 0) is 30.9 Å². The van der Waals surface area contributed by atoms with Crippen molar-refractivity contribution in [2.45, 2.75) is 31.7 Å². The van der Waals surface area contributed by atoms with Gasteiger partial charge >= 0.3 is 0 Å². The lowest BCUT2D eigenvalue weighted by atomic mass is 9.99. The van der Waals surface area contributed by atoms with E-state index in [1.165, 1.54) is 19.3 Å². The Hall–Kier alpha value is -0.760. The van der Waals surface area contributed by atoms with Gasteiger partial charge < -0.3 is 10.2 Å². The summed E-state index contributed by atoms with van der Waals surface area (Å²) in [6, 6.07) is 4.37. The summed E-state index contributed by atoms with van der Waals surface area (Å²) in [6.07, 6.45) is 6.49. The van der Waals surface area contributed by atoms with Gasteiger partial charge in [-0.1, -0.05) is 6.42 Å². The lowest BCUT2D eigenvalue weighted by Crippen LogP contribution is -2.25. The summed E-state index contributed by atoms with van der Waals surface area (Å²) in [5.74, 6) is 1.73. The van der Waals surface area contributed by atoms with E-state index in [9.17, 15) is 0 Å². The third-order valence-electron chi connectivity index (χ3n) is 2.76. The van der Waals surface area contributed by atoms with E-state index in [-0.39, 0.29) is 0 Å². The fourth-order valence-electron chi connectivity index (χ4n) is 2.01. The van der Waals surface area contributed by atoms with E-state index in [0.29, 0.717) is 12.0 Å². The molecular weight excluding hydrogens is 150 g/mol. The first kappa shape index (κ1) is 7.87. The van der Waals surface area contributed by atoms with Crippen molar-refractivity contribution in [3.8, 4) is 0 Å². The highest BCUT2D eigenvalue weighted by atomic mass is 16.3. The van der Waals surface area contributed by atoms with Gasteiger partial charge in [-0.25, -0.2) is 0 Å². The zero-order chi connectivity index (χ0) is 8.39. The van der Waals surface area contributed by atoms with Gasteiger partial charge in [0.1, 0.15) is 5.76 Å². The molecule has 2 rings (SSSR count). The highest BCUT2D eigenvalue weighted by Gasteiger charge is 2.24. The Morgan fingerprint density at radius 2 is 2.42 bits per heavy atom. The summed E-state index contributed by atoms with van der Waals surface area (Å²) >= 11 is 0. The molecule has 0 aliphatic heterocycles. The molecule has 0 aromatic carbocycles. The minimum atomic E-state index is 0.398. The Balaban J connectivity index is 1.95. The van der Waals surface area contributed by atoms with Crippen LogP contribution in [0.5, 0.6) is 0 Å². The Bertz CT molecular complexity index is 230. The molecule has 2 N–H and O–H groups in total. The van der Waals surface area contributed by atoms with E-state index < -0.39 is 0 Å². The molecule has 2 unspecified atom stereocenters. The van der Waals surface area contributed by atoms with Gasteiger partial charge in [0.2, 0.25) is 0 Å². The number of hydrogen-bond acceptors (Lipinski definition) is 2. The van der Waals surface area contributed by atoms with Gasteiger partial charge in [0.15, 0.2) is 0 Å². The molecule has 0 radical (unpaired) electrons. The molecule has 0 saturated heterocycles. The molecule has 12 heavy (non-hydrogen) atoms. The number of nitrogens with two attached hydrogens (primary N) is 1. The Labute approximate surface area is 72.7 Å². The highest BCUT2D eigenvalue weighted by molar-refractivity contribution is 5.01. The van der Waals surface area contributed by atoms with Crippen molar-refractivity contribution in [1.29, 1.82) is 0 Å². The maximum Gasteiger partial charge on any atom is 0.104 e. The monoisotopic (exact) mass is 165 g/mol. The molecule has 2 nitrogen and oxygen atoms in total. The van der Waals surface area contributed by atoms with Crippen molar-refractivity contribution in [3.05, 3.63) is 24.2 Å². The van der Waals surface area contributed by atoms with Crippen LogP contribution in [-0.4, -0.2) is 6.04 Å². The van der Waals surface area contributed by atoms with E-state index in [1.807, 2.05) is 12.1 Å². The lowest BCUT2D eigenvalue weighted by Gasteiger charge is -2.12. The van der Waals surface area contributed by atoms with Crippen LogP contribution in [0.4, 0.5) is 0 Å². The molecule has 1 aromatic heterocycles. The zero-order valence-electron chi connectivity index (χ0n) is 7.20. The number of rotatable bonds is 2. The van der Waals surface area contributed by atoms with Crippen LogP contribution in [-0.2, 0) is 6.42 Å². The highest BCUT2D eigenvalue weighted by Crippen LogP contribution is 2.27. The summed E-state index contributed by atoms with van der Waals surface area (Å²) in [5, 5.41) is 0. The molecule has 1 aromatic rings. The molecule has 0 amide bonds. The standard InChI is InChI=1S/C10H15NO/c11-10-5-1-3-8(10)7-9-4-2-6-12-9/h2,4,6,8,10H,1,3,5,7,11H2. The average molecular weight is 165 g/mol. The van der Waals surface area contributed by atoms with Gasteiger partial charge in [0, 0.05) is 12.5 Å². The average Bonchev–Trinajstić information content (AvgIpc) is 2.65. The minimum Gasteiger partial charge on any atom is -0.469 e. The van der Waals surface area contributed by atoms with Crippen LogP contribution in [0.15, 0.2) is 22.8 Å². The summed E-state index contributed by atoms with van der Waals surface area (Å²) in [6.45, 7) is 0. The summed E-state index contributed by atoms with van der Waals surface area (Å²) in [4.78, 5) is 0. The first-order chi connectivity index (χ1) is 5.86. The smallest absolute Gasteiger partial charge is 0.104 e. The molecule has 2 atom stereocenters. The van der Waals surface area contributed by atoms with Crippen LogP contribution < -0.4 is 5.73 Å². The molecule has 1 aliphatic carbocycles. The predicted molar refractivity (Wildman–Crippen MR) is 47.7 cm³/mol. The minimum absolute atomic E-state index is 0.398. The van der Waals surface area contributed by atoms with Gasteiger partial charge in [-0.2, -0.15) is 0 Å². The SMILES string of the molecule is NC1CCCC1Cc1ccco1. The topological polar surface area (TPSA) is 39.2 Å². The Kier molecular flexibility index (Phi) is 2.17. The second-order valence-electron chi connectivity index (χ2n) is 3.64. The predicted octanol–water partition coefficient (Wildman–Crippen LogP) is 1.95. The molecule has 0 spiro atoms. The van der Waals surface area contributed by atoms with Gasteiger partial charge in [0.25, 0.3) is 0 Å². The number of hydrogen-bond donors (Lipinski definition) is 1. The van der Waals surface area contributed by atoms with Crippen LogP contribution in [0.3, 0.4) is 0 Å². The van der Waals surface area contributed by atoms with Crippen molar-refractivity contribution in [2.75, 3.05) is 0 Å². The van der Waals surface area contributed by atoms with E-state index in [4.69, 9.17) is 10.2 Å². The third-order valence-corrected chi connectivity index (χ3v) is 2.76. The van der Waals surface area contributed by atoms with Crippen LogP contribution >= 0.6 is 0 Å². The summed E-state index contributed by atoms with van der Waals surface area (Å²) in [5.41, 5.74) is 5.95. The fraction of sp³-hybridized carbons (Fsp3) is 0.600. The second kappa shape index (κ2) is 3.31. The largest absolute Gasteiger partial charge is 0.469 e. The third kappa shape index (κ3) is 1.53. The van der Waals surface area contributed by atoms with Crippen molar-refractivity contribution >= 4 is 0 Å². The second-order valence-corrected chi connectivity index (χ2v) is 3.64. The van der Waals surface area contributed by atoms with Crippen LogP contribution in [0.2, 0.25) is 0 Å². The van der Waals surface area contributed by atoms with E-state index in [1.54, 1.807) is 6.26 Å². The molecule has 1 saturated carbocycles. The van der Waals surface area contributed by atoms with Gasteiger partial charge in [-0.15, -0.1) is 0 Å². The number of furan rings is 1. The molecular formula is C10H15NO. The van der Waals surface area contributed by atoms with Crippen LogP contribution in [0.25, 0.3) is 0 Å². The van der Waals surface area contributed by atoms with Crippen molar-refractivity contribution in [2.24, 2.45) is 11.7 Å². The van der Waals surface area contributed by atoms with E-state index in [2.05, 4.69) is 0 Å². The zero-order valence-corrected chi connectivity index (χ0v) is 7.20. The fourth-order valence-corrected chi connectivity index (χ4v) is 2.01. The van der Waals surface area contributed by atoms with E-state index >= 15 is 0 Å². The molecule has 2 heteroatoms. The molecule has 1 heterocycles. The maximum absolute atomic E-state index is 5.95. The van der Waals surface area contributed by atoms with Crippen molar-refractivity contribution in [3.63, 3.8) is 0 Å². The van der Waals surface area contributed by atoms with E-state index in [0.717, 1.165) is 12.2 Å². The van der Waals surface area contributed by atoms with Crippen molar-refractivity contribution in [1.82, 2.24) is 0 Å². The Morgan fingerprint density at radius 3 is 3.00 bits per heavy atom. The van der Waals surface area contributed by atoms with Crippen LogP contribution in [0, 0.1) is 5.92 Å². The normalized spacial score (nSPS) is 29.4. The van der Waals surface area contributed by atoms with Gasteiger partial charge in [-0.3, -0.25) is 0 Å². The first-order valence-electron chi connectivity index (χ1n) is 4.64. The lowest BCUT2D eigenvalue weighted by molar-refractivity contribution is 0.415. The van der Waals surface area contributed by atoms with Gasteiger partial charge in [0.05, 0.1) is 6.26 Å². The van der Waals surface area contributed by atoms with Crippen molar-refractivity contribution < 1.29 is 4.42 Å². The first-order valence-corrected chi connectivity index (χ1v) is 4.64. The maximum atomic E-state index is 5.95. The molecule has 0 bridgehead atoms. The molecule has 66 valence electrons. The Morgan fingerprint density at radius 1 is 1.50 bits per heavy atom. The molecule has 1 aliphatic rings. The summed E-state index contributed by atoms with van der Waals surface area (Å²) < 4.78 is 5.29. The summed E-state index contributed by atoms with van der Waals surface area (Å²) in [7, 11) is 0. The quantitative estimate of drug-likeness (QED) is 0.727.